The lowest BCUT2D eigenvalue weighted by atomic mass is 10.8. The van der Waals surface area contributed by atoms with E-state index in [2.05, 4.69) is 0 Å². The average Bonchev–Trinajstić information content (AvgIpc) is 2.00. The Bertz CT molecular complexity index is 125. The van der Waals surface area contributed by atoms with Crippen LogP contribution in [0.25, 0.3) is 0 Å². The Kier molecular flexibility index (Phi) is 4.27. The molecule has 0 aromatic rings. The van der Waals surface area contributed by atoms with Gasteiger partial charge < -0.3 is 18.4 Å². The van der Waals surface area contributed by atoms with Crippen LogP contribution in [-0.2, 0) is 18.1 Å². The average molecular weight is 180 g/mol. The Balaban J connectivity index is 4.16. The monoisotopic (exact) mass is 180 g/mol. The van der Waals surface area contributed by atoms with Crippen molar-refractivity contribution in [3.8, 4) is 0 Å². The molecule has 6 heteroatoms. The first-order chi connectivity index (χ1) is 5.10. The molecule has 0 amide bonds. The van der Waals surface area contributed by atoms with Gasteiger partial charge in [-0.1, -0.05) is 0 Å². The molecule has 0 saturated carbocycles. The zero-order valence-corrected chi connectivity index (χ0v) is 7.79. The molecule has 0 spiro atoms. The van der Waals surface area contributed by atoms with Crippen molar-refractivity contribution in [2.24, 2.45) is 0 Å². The maximum atomic E-state index is 10.3. The summed E-state index contributed by atoms with van der Waals surface area (Å²) in [6.07, 6.45) is 0. The second-order valence-electron chi connectivity index (χ2n) is 1.87. The highest BCUT2D eigenvalue weighted by atomic mass is 28.4. The predicted octanol–water partition coefficient (Wildman–Crippen LogP) is -0.0509. The van der Waals surface area contributed by atoms with Gasteiger partial charge in [0, 0.05) is 21.3 Å². The van der Waals surface area contributed by atoms with Crippen molar-refractivity contribution in [3.05, 3.63) is 0 Å². The van der Waals surface area contributed by atoms with Crippen LogP contribution >= 0.6 is 0 Å². The minimum Gasteiger partial charge on any atom is -0.481 e. The van der Waals surface area contributed by atoms with Crippen molar-refractivity contribution >= 4 is 14.8 Å². The summed E-state index contributed by atoms with van der Waals surface area (Å²) in [7, 11) is 1.25. The molecule has 5 nitrogen and oxygen atoms in total. The van der Waals surface area contributed by atoms with Crippen LogP contribution in [0, 0.1) is 0 Å². The molecule has 11 heavy (non-hydrogen) atoms. The van der Waals surface area contributed by atoms with E-state index in [4.69, 9.17) is 18.4 Å². The third kappa shape index (κ3) is 2.98. The molecule has 0 aromatic heterocycles. The summed E-state index contributed by atoms with van der Waals surface area (Å²) < 4.78 is 14.6. The molecule has 0 heterocycles. The third-order valence-corrected chi connectivity index (χ3v) is 3.90. The SMILES string of the molecule is CO[Si](CC(=O)O)(OC)OC. The van der Waals surface area contributed by atoms with Gasteiger partial charge in [-0.05, 0) is 0 Å². The molecule has 0 rings (SSSR count). The lowest BCUT2D eigenvalue weighted by Gasteiger charge is -2.21. The summed E-state index contributed by atoms with van der Waals surface area (Å²) in [6, 6.07) is -0.212. The zero-order chi connectivity index (χ0) is 8.91. The Morgan fingerprint density at radius 3 is 1.73 bits per heavy atom. The summed E-state index contributed by atoms with van der Waals surface area (Å²) in [5.41, 5.74) is 0. The summed E-state index contributed by atoms with van der Waals surface area (Å²) >= 11 is 0. The number of hydrogen-bond acceptors (Lipinski definition) is 4. The minimum absolute atomic E-state index is 0.212. The van der Waals surface area contributed by atoms with Gasteiger partial charge in [0.2, 0.25) is 0 Å². The van der Waals surface area contributed by atoms with Crippen molar-refractivity contribution in [3.63, 3.8) is 0 Å². The number of carboxylic acid groups (broad SMARTS) is 1. The van der Waals surface area contributed by atoms with Crippen molar-refractivity contribution < 1.29 is 23.2 Å². The number of aliphatic carboxylic acids is 1. The van der Waals surface area contributed by atoms with Crippen molar-refractivity contribution in [1.29, 1.82) is 0 Å². The maximum Gasteiger partial charge on any atom is 0.511 e. The van der Waals surface area contributed by atoms with Crippen molar-refractivity contribution in [2.45, 2.75) is 6.04 Å². The van der Waals surface area contributed by atoms with Crippen LogP contribution in [0.2, 0.25) is 6.04 Å². The highest BCUT2D eigenvalue weighted by Crippen LogP contribution is 2.11. The van der Waals surface area contributed by atoms with E-state index in [1.807, 2.05) is 0 Å². The largest absolute Gasteiger partial charge is 0.511 e. The lowest BCUT2D eigenvalue weighted by Crippen LogP contribution is -2.44. The fourth-order valence-electron chi connectivity index (χ4n) is 0.652. The Morgan fingerprint density at radius 1 is 1.27 bits per heavy atom. The van der Waals surface area contributed by atoms with Gasteiger partial charge in [-0.15, -0.1) is 0 Å². The van der Waals surface area contributed by atoms with Crippen LogP contribution in [0.15, 0.2) is 0 Å². The molecule has 0 saturated heterocycles. The first-order valence-electron chi connectivity index (χ1n) is 2.97. The van der Waals surface area contributed by atoms with Crippen molar-refractivity contribution in [1.82, 2.24) is 0 Å². The molecule has 0 aliphatic heterocycles. The second-order valence-corrected chi connectivity index (χ2v) is 4.81. The van der Waals surface area contributed by atoms with E-state index in [0.29, 0.717) is 0 Å². The standard InChI is InChI=1S/C5H12O5Si/c1-8-11(9-2,10-3)4-5(6)7/h4H2,1-3H3,(H,6,7). The summed E-state index contributed by atoms with van der Waals surface area (Å²) in [5.74, 6) is -0.984. The van der Waals surface area contributed by atoms with Crippen LogP contribution in [-0.4, -0.2) is 41.2 Å². The highest BCUT2D eigenvalue weighted by molar-refractivity contribution is 6.63. The normalized spacial score (nSPS) is 11.5. The van der Waals surface area contributed by atoms with Gasteiger partial charge >= 0.3 is 14.8 Å². The third-order valence-electron chi connectivity index (χ3n) is 1.30. The van der Waals surface area contributed by atoms with E-state index in [9.17, 15) is 4.79 Å². The lowest BCUT2D eigenvalue weighted by molar-refractivity contribution is -0.135. The fourth-order valence-corrected chi connectivity index (χ4v) is 1.96. The molecule has 0 atom stereocenters. The molecule has 0 aliphatic rings. The number of rotatable bonds is 5. The van der Waals surface area contributed by atoms with Gasteiger partial charge in [0.1, 0.15) is 6.04 Å². The second kappa shape index (κ2) is 4.45. The summed E-state index contributed by atoms with van der Waals surface area (Å²) in [4.78, 5) is 10.3. The molecule has 0 unspecified atom stereocenters. The van der Waals surface area contributed by atoms with E-state index >= 15 is 0 Å². The highest BCUT2D eigenvalue weighted by Gasteiger charge is 2.40. The van der Waals surface area contributed by atoms with E-state index in [1.165, 1.54) is 21.3 Å². The molecular weight excluding hydrogens is 168 g/mol. The molecule has 0 bridgehead atoms. The smallest absolute Gasteiger partial charge is 0.481 e. The van der Waals surface area contributed by atoms with E-state index < -0.39 is 14.8 Å². The Morgan fingerprint density at radius 2 is 1.64 bits per heavy atom. The van der Waals surface area contributed by atoms with Crippen LogP contribution in [0.1, 0.15) is 0 Å². The van der Waals surface area contributed by atoms with Gasteiger partial charge in [0.15, 0.2) is 0 Å². The molecule has 1 N–H and O–H groups in total. The zero-order valence-electron chi connectivity index (χ0n) is 6.79. The molecular formula is C5H12O5Si. The molecule has 0 fully saturated rings. The van der Waals surface area contributed by atoms with E-state index in [1.54, 1.807) is 0 Å². The van der Waals surface area contributed by atoms with Crippen LogP contribution in [0.3, 0.4) is 0 Å². The van der Waals surface area contributed by atoms with Gasteiger partial charge in [0.05, 0.1) is 0 Å². The fraction of sp³-hybridized carbons (Fsp3) is 0.800. The first-order valence-corrected chi connectivity index (χ1v) is 4.90. The summed E-state index contributed by atoms with van der Waals surface area (Å²) in [5, 5.41) is 8.44. The minimum atomic E-state index is -2.88. The van der Waals surface area contributed by atoms with Gasteiger partial charge in [0.25, 0.3) is 0 Å². The van der Waals surface area contributed by atoms with Crippen molar-refractivity contribution in [2.75, 3.05) is 21.3 Å². The quantitative estimate of drug-likeness (QED) is 0.601. The van der Waals surface area contributed by atoms with Crippen LogP contribution in [0.4, 0.5) is 0 Å². The first kappa shape index (κ1) is 10.6. The summed E-state index contributed by atoms with van der Waals surface area (Å²) in [6.45, 7) is 0. The van der Waals surface area contributed by atoms with E-state index in [0.717, 1.165) is 0 Å². The predicted molar refractivity (Wildman–Crippen MR) is 39.2 cm³/mol. The molecule has 66 valence electrons. The van der Waals surface area contributed by atoms with Gasteiger partial charge in [-0.25, -0.2) is 0 Å². The molecule has 0 radical (unpaired) electrons. The van der Waals surface area contributed by atoms with Crippen LogP contribution in [0.5, 0.6) is 0 Å². The Labute approximate surface area is 66.2 Å². The van der Waals surface area contributed by atoms with Gasteiger partial charge in [-0.3, -0.25) is 4.79 Å². The molecule has 0 aromatic carbocycles. The van der Waals surface area contributed by atoms with Gasteiger partial charge in [-0.2, -0.15) is 0 Å². The van der Waals surface area contributed by atoms with Crippen LogP contribution < -0.4 is 0 Å². The number of carbonyl (C=O) groups is 1. The number of carboxylic acids is 1. The molecule has 0 aliphatic carbocycles. The maximum absolute atomic E-state index is 10.3. The number of hydrogen-bond donors (Lipinski definition) is 1. The Hall–Kier alpha value is -0.433. The van der Waals surface area contributed by atoms with E-state index in [-0.39, 0.29) is 6.04 Å². The topological polar surface area (TPSA) is 65.0 Å².